The molecule has 0 bridgehead atoms. The normalized spacial score (nSPS) is 11.5. The molecule has 0 saturated heterocycles. The number of carbonyl (C=O) groups excluding carboxylic acids is 1. The van der Waals surface area contributed by atoms with Gasteiger partial charge in [-0.1, -0.05) is 6.92 Å². The van der Waals surface area contributed by atoms with E-state index in [-0.39, 0.29) is 17.6 Å². The molecule has 16 heavy (non-hydrogen) atoms. The van der Waals surface area contributed by atoms with Crippen molar-refractivity contribution in [1.82, 2.24) is 5.32 Å². The lowest BCUT2D eigenvalue weighted by Crippen LogP contribution is -2.26. The van der Waals surface area contributed by atoms with Gasteiger partial charge < -0.3 is 10.4 Å². The lowest BCUT2D eigenvalue weighted by Gasteiger charge is -2.06. The van der Waals surface area contributed by atoms with Crippen LogP contribution in [0.1, 0.15) is 19.8 Å². The largest absolute Gasteiger partial charge is 0.481 e. The maximum Gasteiger partial charge on any atom is 0.306 e. The average molecular weight is 244 g/mol. The Balaban J connectivity index is 3.41. The Morgan fingerprint density at radius 2 is 2.25 bits per heavy atom. The van der Waals surface area contributed by atoms with Gasteiger partial charge in [-0.2, -0.15) is 5.26 Å². The van der Waals surface area contributed by atoms with Gasteiger partial charge >= 0.3 is 5.97 Å². The molecule has 1 unspecified atom stereocenters. The minimum absolute atomic E-state index is 0.108. The van der Waals surface area contributed by atoms with Crippen molar-refractivity contribution in [2.24, 2.45) is 5.92 Å². The van der Waals surface area contributed by atoms with Gasteiger partial charge in [0.25, 0.3) is 0 Å². The Kier molecular flexibility index (Phi) is 8.35. The molecule has 0 aromatic rings. The highest BCUT2D eigenvalue weighted by Crippen LogP contribution is 2.04. The number of hydrogen-bond donors (Lipinski definition) is 2. The highest BCUT2D eigenvalue weighted by molar-refractivity contribution is 8.00. The van der Waals surface area contributed by atoms with E-state index in [0.29, 0.717) is 25.1 Å². The van der Waals surface area contributed by atoms with Crippen LogP contribution in [0.3, 0.4) is 0 Å². The summed E-state index contributed by atoms with van der Waals surface area (Å²) in [6, 6.07) is 1.94. The number of nitrogens with zero attached hydrogens (tertiary/aromatic N) is 1. The van der Waals surface area contributed by atoms with Crippen LogP contribution in [0.25, 0.3) is 0 Å². The topological polar surface area (TPSA) is 90.2 Å². The SMILES string of the molecule is CC(CCCNC(=O)CSCC#N)C(=O)O. The molecule has 0 aliphatic carbocycles. The van der Waals surface area contributed by atoms with Crippen LogP contribution in [-0.2, 0) is 9.59 Å². The standard InChI is InChI=1S/C10H16N2O3S/c1-8(10(14)15)3-2-5-12-9(13)7-16-6-4-11/h8H,2-3,5-7H2,1H3,(H,12,13)(H,14,15). The van der Waals surface area contributed by atoms with Crippen LogP contribution in [0.5, 0.6) is 0 Å². The molecule has 0 aromatic heterocycles. The number of thioether (sulfide) groups is 1. The van der Waals surface area contributed by atoms with Crippen molar-refractivity contribution < 1.29 is 14.7 Å². The van der Waals surface area contributed by atoms with Gasteiger partial charge in [-0.3, -0.25) is 9.59 Å². The predicted octanol–water partition coefficient (Wildman–Crippen LogP) is 0.860. The van der Waals surface area contributed by atoms with E-state index in [1.54, 1.807) is 6.92 Å². The highest BCUT2D eigenvalue weighted by Gasteiger charge is 2.09. The Labute approximate surface area is 99.2 Å². The van der Waals surface area contributed by atoms with Gasteiger partial charge in [0.05, 0.1) is 23.5 Å². The van der Waals surface area contributed by atoms with Crippen molar-refractivity contribution in [3.8, 4) is 6.07 Å². The maximum absolute atomic E-state index is 11.1. The monoisotopic (exact) mass is 244 g/mol. The number of rotatable bonds is 8. The van der Waals surface area contributed by atoms with Crippen LogP contribution in [0.15, 0.2) is 0 Å². The fraction of sp³-hybridized carbons (Fsp3) is 0.700. The number of amides is 1. The summed E-state index contributed by atoms with van der Waals surface area (Å²) in [6.45, 7) is 2.14. The quantitative estimate of drug-likeness (QED) is 0.618. The molecule has 0 spiro atoms. The zero-order valence-electron chi connectivity index (χ0n) is 9.23. The minimum Gasteiger partial charge on any atom is -0.481 e. The van der Waals surface area contributed by atoms with Crippen LogP contribution >= 0.6 is 11.8 Å². The molecule has 0 aromatic carbocycles. The second kappa shape index (κ2) is 9.04. The molecule has 0 aliphatic rings. The number of nitriles is 1. The second-order valence-electron chi connectivity index (χ2n) is 3.38. The van der Waals surface area contributed by atoms with Gasteiger partial charge in [0.2, 0.25) is 5.91 Å². The fourth-order valence-electron chi connectivity index (χ4n) is 1.000. The van der Waals surface area contributed by atoms with Crippen molar-refractivity contribution in [3.63, 3.8) is 0 Å². The first-order valence-electron chi connectivity index (χ1n) is 5.02. The number of carboxylic acids is 1. The van der Waals surface area contributed by atoms with Crippen molar-refractivity contribution in [2.45, 2.75) is 19.8 Å². The highest BCUT2D eigenvalue weighted by atomic mass is 32.2. The van der Waals surface area contributed by atoms with Crippen LogP contribution in [0.2, 0.25) is 0 Å². The van der Waals surface area contributed by atoms with Gasteiger partial charge in [-0.05, 0) is 12.8 Å². The lowest BCUT2D eigenvalue weighted by atomic mass is 10.1. The van der Waals surface area contributed by atoms with Gasteiger partial charge in [0.1, 0.15) is 0 Å². The summed E-state index contributed by atoms with van der Waals surface area (Å²) in [6.07, 6.45) is 1.21. The third-order valence-corrected chi connectivity index (χ3v) is 2.76. The van der Waals surface area contributed by atoms with E-state index in [1.807, 2.05) is 6.07 Å². The van der Waals surface area contributed by atoms with E-state index in [2.05, 4.69) is 5.32 Å². The summed E-state index contributed by atoms with van der Waals surface area (Å²) in [5, 5.41) is 19.5. The van der Waals surface area contributed by atoms with Gasteiger partial charge in [-0.25, -0.2) is 0 Å². The van der Waals surface area contributed by atoms with Crippen LogP contribution in [0, 0.1) is 17.2 Å². The first-order valence-corrected chi connectivity index (χ1v) is 6.17. The molecule has 6 heteroatoms. The molecular weight excluding hydrogens is 228 g/mol. The molecule has 1 amide bonds. The zero-order chi connectivity index (χ0) is 12.4. The molecule has 0 heterocycles. The Morgan fingerprint density at radius 1 is 1.56 bits per heavy atom. The van der Waals surface area contributed by atoms with Crippen LogP contribution in [0.4, 0.5) is 0 Å². The second-order valence-corrected chi connectivity index (χ2v) is 4.37. The Morgan fingerprint density at radius 3 is 2.81 bits per heavy atom. The number of carboxylic acid groups (broad SMARTS) is 1. The van der Waals surface area contributed by atoms with E-state index >= 15 is 0 Å². The molecule has 0 rings (SSSR count). The van der Waals surface area contributed by atoms with Gasteiger partial charge in [0, 0.05) is 6.54 Å². The summed E-state index contributed by atoms with van der Waals surface area (Å²) in [4.78, 5) is 21.6. The smallest absolute Gasteiger partial charge is 0.306 e. The van der Waals surface area contributed by atoms with E-state index < -0.39 is 5.97 Å². The number of aliphatic carboxylic acids is 1. The molecule has 0 radical (unpaired) electrons. The molecule has 0 fully saturated rings. The number of nitrogens with one attached hydrogen (secondary N) is 1. The zero-order valence-corrected chi connectivity index (χ0v) is 10.0. The Hall–Kier alpha value is -1.22. The summed E-state index contributed by atoms with van der Waals surface area (Å²) >= 11 is 1.26. The average Bonchev–Trinajstić information content (AvgIpc) is 2.24. The number of carbonyl (C=O) groups is 2. The minimum atomic E-state index is -0.809. The predicted molar refractivity (Wildman–Crippen MR) is 62.0 cm³/mol. The first-order chi connectivity index (χ1) is 7.57. The third-order valence-electron chi connectivity index (χ3n) is 1.96. The summed E-state index contributed by atoms with van der Waals surface area (Å²) in [7, 11) is 0. The molecule has 0 saturated carbocycles. The van der Waals surface area contributed by atoms with E-state index in [4.69, 9.17) is 10.4 Å². The summed E-state index contributed by atoms with van der Waals surface area (Å²) in [5.74, 6) is -0.699. The van der Waals surface area contributed by atoms with Crippen molar-refractivity contribution >= 4 is 23.6 Å². The fourth-order valence-corrected chi connectivity index (χ4v) is 1.48. The molecule has 1 atom stereocenters. The van der Waals surface area contributed by atoms with Crippen LogP contribution < -0.4 is 5.32 Å². The molecule has 0 aliphatic heterocycles. The molecule has 90 valence electrons. The van der Waals surface area contributed by atoms with Crippen molar-refractivity contribution in [1.29, 1.82) is 5.26 Å². The van der Waals surface area contributed by atoms with E-state index in [1.165, 1.54) is 11.8 Å². The van der Waals surface area contributed by atoms with Crippen LogP contribution in [-0.4, -0.2) is 35.0 Å². The van der Waals surface area contributed by atoms with Crippen molar-refractivity contribution in [2.75, 3.05) is 18.1 Å². The Bertz CT molecular complexity index is 276. The third kappa shape index (κ3) is 8.12. The van der Waals surface area contributed by atoms with Crippen molar-refractivity contribution in [3.05, 3.63) is 0 Å². The van der Waals surface area contributed by atoms with Gasteiger partial charge in [0.15, 0.2) is 0 Å². The number of hydrogen-bond acceptors (Lipinski definition) is 4. The molecular formula is C10H16N2O3S. The van der Waals surface area contributed by atoms with E-state index in [9.17, 15) is 9.59 Å². The molecule has 2 N–H and O–H groups in total. The summed E-state index contributed by atoms with van der Waals surface area (Å²) in [5.41, 5.74) is 0. The summed E-state index contributed by atoms with van der Waals surface area (Å²) < 4.78 is 0. The van der Waals surface area contributed by atoms with E-state index in [0.717, 1.165) is 0 Å². The lowest BCUT2D eigenvalue weighted by molar-refractivity contribution is -0.141. The first kappa shape index (κ1) is 14.8. The maximum atomic E-state index is 11.1. The molecule has 5 nitrogen and oxygen atoms in total. The van der Waals surface area contributed by atoms with Gasteiger partial charge in [-0.15, -0.1) is 11.8 Å².